The third kappa shape index (κ3) is 7.75. The van der Waals surface area contributed by atoms with Crippen molar-refractivity contribution in [2.45, 2.75) is 12.5 Å². The Morgan fingerprint density at radius 3 is 2.21 bits per heavy atom. The summed E-state index contributed by atoms with van der Waals surface area (Å²) in [5.41, 5.74) is 0. The van der Waals surface area contributed by atoms with Crippen LogP contribution in [0.2, 0.25) is 0 Å². The van der Waals surface area contributed by atoms with Crippen LogP contribution in [0.25, 0.3) is 0 Å². The third-order valence-electron chi connectivity index (χ3n) is 1.42. The molecule has 1 atom stereocenters. The minimum Gasteiger partial charge on any atom is -0.698 e. The molecule has 0 aromatic carbocycles. The molecule has 0 amide bonds. The highest BCUT2D eigenvalue weighted by molar-refractivity contribution is 7.76. The molecule has 1 N–H and O–H groups in total. The Hall–Kier alpha value is -0.880. The Morgan fingerprint density at radius 1 is 1.43 bits per heavy atom. The number of ether oxygens (including phenoxy) is 1. The van der Waals surface area contributed by atoms with Gasteiger partial charge in [-0.3, -0.25) is 9.59 Å². The van der Waals surface area contributed by atoms with Crippen molar-refractivity contribution in [1.29, 1.82) is 0 Å². The standard InChI is InChI=1S/C8H15NO4S/c1-9(2,3)5-6(4-7(10)11)13-8(12)14/h6H,4-5H2,1-3H3,(H-,10,11,12,14). The van der Waals surface area contributed by atoms with E-state index in [2.05, 4.69) is 12.6 Å². The summed E-state index contributed by atoms with van der Waals surface area (Å²) >= 11 is 4.24. The van der Waals surface area contributed by atoms with Gasteiger partial charge in [-0.25, -0.2) is 0 Å². The molecule has 82 valence electrons. The zero-order valence-electron chi connectivity index (χ0n) is 8.52. The Labute approximate surface area is 88.6 Å². The highest BCUT2D eigenvalue weighted by Gasteiger charge is 2.22. The molecule has 0 aliphatic heterocycles. The van der Waals surface area contributed by atoms with E-state index in [1.54, 1.807) is 0 Å². The SMILES string of the molecule is C[N+](C)(C)CC(CC(=O)O)OC(=O)[S-]. The molecule has 0 radical (unpaired) electrons. The number of nitrogens with zero attached hydrogens (tertiary/aromatic N) is 1. The summed E-state index contributed by atoms with van der Waals surface area (Å²) in [4.78, 5) is 21.0. The van der Waals surface area contributed by atoms with Gasteiger partial charge in [0.15, 0.2) is 11.4 Å². The van der Waals surface area contributed by atoms with Gasteiger partial charge < -0.3 is 27.0 Å². The van der Waals surface area contributed by atoms with Crippen molar-refractivity contribution in [1.82, 2.24) is 0 Å². The number of rotatable bonds is 5. The number of carbonyl (C=O) groups excluding carboxylic acids is 1. The summed E-state index contributed by atoms with van der Waals surface area (Å²) in [7, 11) is 5.64. The molecule has 1 unspecified atom stereocenters. The van der Waals surface area contributed by atoms with Crippen molar-refractivity contribution in [3.8, 4) is 0 Å². The second-order valence-electron chi connectivity index (χ2n) is 4.06. The average molecular weight is 221 g/mol. The molecule has 0 heterocycles. The van der Waals surface area contributed by atoms with Crippen LogP contribution in [-0.2, 0) is 22.2 Å². The fourth-order valence-electron chi connectivity index (χ4n) is 1.09. The van der Waals surface area contributed by atoms with Gasteiger partial charge in [0.05, 0.1) is 27.6 Å². The van der Waals surface area contributed by atoms with Crippen LogP contribution in [0.3, 0.4) is 0 Å². The summed E-state index contributed by atoms with van der Waals surface area (Å²) in [6.45, 7) is 0.425. The van der Waals surface area contributed by atoms with Crippen molar-refractivity contribution < 1.29 is 23.9 Å². The number of carboxylic acid groups (broad SMARTS) is 1. The lowest BCUT2D eigenvalue weighted by Crippen LogP contribution is -2.43. The van der Waals surface area contributed by atoms with Gasteiger partial charge >= 0.3 is 5.97 Å². The fraction of sp³-hybridized carbons (Fsp3) is 0.750. The van der Waals surface area contributed by atoms with Crippen LogP contribution in [0, 0.1) is 0 Å². The normalized spacial score (nSPS) is 13.4. The van der Waals surface area contributed by atoms with Gasteiger partial charge in [0.2, 0.25) is 0 Å². The van der Waals surface area contributed by atoms with Crippen LogP contribution < -0.4 is 0 Å². The minimum absolute atomic E-state index is 0.210. The summed E-state index contributed by atoms with van der Waals surface area (Å²) in [5, 5.41) is 7.70. The van der Waals surface area contributed by atoms with Crippen molar-refractivity contribution in [3.05, 3.63) is 0 Å². The number of carbonyl (C=O) groups is 2. The van der Waals surface area contributed by atoms with Crippen LogP contribution in [-0.4, -0.2) is 54.7 Å². The molecule has 0 fully saturated rings. The van der Waals surface area contributed by atoms with Gasteiger partial charge in [-0.15, -0.1) is 0 Å². The molecule has 14 heavy (non-hydrogen) atoms. The maximum Gasteiger partial charge on any atom is 0.307 e. The van der Waals surface area contributed by atoms with Gasteiger partial charge in [-0.05, 0) is 0 Å². The summed E-state index contributed by atoms with van der Waals surface area (Å²) < 4.78 is 5.23. The maximum absolute atomic E-state index is 10.5. The lowest BCUT2D eigenvalue weighted by molar-refractivity contribution is -0.873. The Morgan fingerprint density at radius 2 is 1.93 bits per heavy atom. The second kappa shape index (κ2) is 5.11. The first-order chi connectivity index (χ1) is 6.20. The molecule has 0 aliphatic carbocycles. The van der Waals surface area contributed by atoms with Gasteiger partial charge in [0.1, 0.15) is 6.54 Å². The van der Waals surface area contributed by atoms with Crippen LogP contribution in [0.15, 0.2) is 0 Å². The molecule has 0 rings (SSSR count). The molecule has 0 aromatic rings. The zero-order chi connectivity index (χ0) is 11.4. The first kappa shape index (κ1) is 13.1. The van der Waals surface area contributed by atoms with E-state index in [1.165, 1.54) is 0 Å². The Bertz CT molecular complexity index is 208. The van der Waals surface area contributed by atoms with Crippen molar-refractivity contribution in [2.24, 2.45) is 0 Å². The molecule has 0 aromatic heterocycles. The second-order valence-corrected chi connectivity index (χ2v) is 4.39. The largest absolute Gasteiger partial charge is 0.698 e. The predicted octanol–water partition coefficient (Wildman–Crippen LogP) is 0.219. The molecule has 5 nitrogen and oxygen atoms in total. The number of likely N-dealkylation sites (N-methyl/N-ethyl adjacent to an activating group) is 1. The summed E-state index contributed by atoms with van der Waals surface area (Å²) in [6.07, 6.45) is -0.866. The Kier molecular flexibility index (Phi) is 4.79. The first-order valence-electron chi connectivity index (χ1n) is 4.10. The lowest BCUT2D eigenvalue weighted by Gasteiger charge is -2.29. The van der Waals surface area contributed by atoms with Crippen LogP contribution in [0.4, 0.5) is 4.79 Å². The van der Waals surface area contributed by atoms with Gasteiger partial charge in [0, 0.05) is 0 Å². The topological polar surface area (TPSA) is 63.6 Å². The van der Waals surface area contributed by atoms with E-state index in [0.717, 1.165) is 0 Å². The van der Waals surface area contributed by atoms with E-state index in [4.69, 9.17) is 9.84 Å². The third-order valence-corrected chi connectivity index (χ3v) is 1.51. The number of hydrogen-bond acceptors (Lipinski definition) is 4. The Balaban J connectivity index is 4.24. The van der Waals surface area contributed by atoms with E-state index < -0.39 is 17.4 Å². The van der Waals surface area contributed by atoms with Crippen molar-refractivity contribution in [2.75, 3.05) is 27.7 Å². The average Bonchev–Trinajstić information content (AvgIpc) is 1.77. The molecule has 0 spiro atoms. The number of aliphatic carboxylic acids is 1. The lowest BCUT2D eigenvalue weighted by atomic mass is 10.2. The van der Waals surface area contributed by atoms with E-state index in [0.29, 0.717) is 11.0 Å². The minimum atomic E-state index is -1.00. The van der Waals surface area contributed by atoms with Gasteiger partial charge in [-0.2, -0.15) is 0 Å². The van der Waals surface area contributed by atoms with Crippen LogP contribution >= 0.6 is 0 Å². The highest BCUT2D eigenvalue weighted by Crippen LogP contribution is 2.05. The van der Waals surface area contributed by atoms with Crippen molar-refractivity contribution >= 4 is 23.9 Å². The highest BCUT2D eigenvalue weighted by atomic mass is 32.1. The van der Waals surface area contributed by atoms with Crippen LogP contribution in [0.1, 0.15) is 6.42 Å². The first-order valence-corrected chi connectivity index (χ1v) is 4.51. The zero-order valence-corrected chi connectivity index (χ0v) is 9.34. The quantitative estimate of drug-likeness (QED) is 0.409. The monoisotopic (exact) mass is 221 g/mol. The van der Waals surface area contributed by atoms with Gasteiger partial charge in [-0.1, -0.05) is 0 Å². The molecule has 0 saturated heterocycles. The number of hydrogen-bond donors (Lipinski definition) is 1. The maximum atomic E-state index is 10.5. The molecule has 0 aliphatic rings. The molecule has 6 heteroatoms. The van der Waals surface area contributed by atoms with E-state index in [-0.39, 0.29) is 6.42 Å². The van der Waals surface area contributed by atoms with E-state index in [1.807, 2.05) is 21.1 Å². The number of quaternary nitrogens is 1. The van der Waals surface area contributed by atoms with Gasteiger partial charge in [0.25, 0.3) is 0 Å². The van der Waals surface area contributed by atoms with E-state index >= 15 is 0 Å². The predicted molar refractivity (Wildman–Crippen MR) is 52.8 cm³/mol. The molecular formula is C8H15NO4S. The molecule has 0 bridgehead atoms. The fourth-order valence-corrected chi connectivity index (χ4v) is 1.22. The van der Waals surface area contributed by atoms with Crippen LogP contribution in [0.5, 0.6) is 0 Å². The number of carboxylic acids is 1. The molecular weight excluding hydrogens is 206 g/mol. The summed E-state index contributed by atoms with van der Waals surface area (Å²) in [5.74, 6) is -1.00. The van der Waals surface area contributed by atoms with E-state index in [9.17, 15) is 9.59 Å². The van der Waals surface area contributed by atoms with Crippen molar-refractivity contribution in [3.63, 3.8) is 0 Å². The summed E-state index contributed by atoms with van der Waals surface area (Å²) in [6, 6.07) is 0. The smallest absolute Gasteiger partial charge is 0.307 e. The molecule has 0 saturated carbocycles.